The molecule has 0 bridgehead atoms. The van der Waals surface area contributed by atoms with Gasteiger partial charge in [-0.2, -0.15) is 5.10 Å². The van der Waals surface area contributed by atoms with Crippen LogP contribution in [0.15, 0.2) is 12.3 Å². The summed E-state index contributed by atoms with van der Waals surface area (Å²) >= 11 is 0. The van der Waals surface area contributed by atoms with E-state index in [0.717, 1.165) is 12.4 Å². The number of nitrogens with zero attached hydrogens (tertiary/aromatic N) is 2. The monoisotopic (exact) mass is 191 g/mol. The number of hydrogen-bond acceptors (Lipinski definition) is 3. The molecule has 1 N–H and O–H groups in total. The molecule has 0 saturated carbocycles. The van der Waals surface area contributed by atoms with Crippen LogP contribution in [0, 0.1) is 5.41 Å². The van der Waals surface area contributed by atoms with E-state index in [4.69, 9.17) is 0 Å². The first-order chi connectivity index (χ1) is 6.59. The Morgan fingerprint density at radius 3 is 2.93 bits per heavy atom. The van der Waals surface area contributed by atoms with Crippen LogP contribution in [-0.4, -0.2) is 16.7 Å². The van der Waals surface area contributed by atoms with Gasteiger partial charge in [-0.1, -0.05) is 20.8 Å². The van der Waals surface area contributed by atoms with Gasteiger partial charge in [-0.25, -0.2) is 0 Å². The molecule has 0 aliphatic carbocycles. The van der Waals surface area contributed by atoms with Gasteiger partial charge in [0.1, 0.15) is 0 Å². The molecule has 2 heterocycles. The first kappa shape index (κ1) is 9.44. The van der Waals surface area contributed by atoms with E-state index < -0.39 is 0 Å². The number of nitrogens with one attached hydrogen (secondary N) is 1. The molecular weight excluding hydrogens is 174 g/mol. The minimum Gasteiger partial charge on any atom is -0.368 e. The van der Waals surface area contributed by atoms with Crippen molar-refractivity contribution in [3.8, 4) is 0 Å². The number of hydrogen-bond donors (Lipinski definition) is 1. The highest BCUT2D eigenvalue weighted by Crippen LogP contribution is 2.41. The zero-order chi connectivity index (χ0) is 10.2. The van der Waals surface area contributed by atoms with Crippen molar-refractivity contribution < 1.29 is 0 Å². The molecule has 14 heavy (non-hydrogen) atoms. The van der Waals surface area contributed by atoms with Crippen LogP contribution in [0.3, 0.4) is 0 Å². The lowest BCUT2D eigenvalue weighted by Gasteiger charge is -2.35. The van der Waals surface area contributed by atoms with Gasteiger partial charge in [0, 0.05) is 12.1 Å². The smallest absolute Gasteiger partial charge is 0.152 e. The Bertz CT molecular complexity index is 328. The lowest BCUT2D eigenvalue weighted by Crippen LogP contribution is -2.27. The summed E-state index contributed by atoms with van der Waals surface area (Å²) in [4.78, 5) is 0. The summed E-state index contributed by atoms with van der Waals surface area (Å²) < 4.78 is 0. The Hall–Kier alpha value is -1.12. The summed E-state index contributed by atoms with van der Waals surface area (Å²) in [5.74, 6) is 1.56. The van der Waals surface area contributed by atoms with E-state index in [0.29, 0.717) is 11.3 Å². The van der Waals surface area contributed by atoms with Crippen LogP contribution in [0.25, 0.3) is 0 Å². The largest absolute Gasteiger partial charge is 0.368 e. The Kier molecular flexibility index (Phi) is 2.17. The second kappa shape index (κ2) is 3.23. The van der Waals surface area contributed by atoms with Crippen molar-refractivity contribution in [2.45, 2.75) is 33.1 Å². The zero-order valence-electron chi connectivity index (χ0n) is 9.04. The highest BCUT2D eigenvalue weighted by Gasteiger charge is 2.30. The summed E-state index contributed by atoms with van der Waals surface area (Å²) in [6.45, 7) is 7.86. The van der Waals surface area contributed by atoms with E-state index in [9.17, 15) is 0 Å². The third-order valence-electron chi connectivity index (χ3n) is 2.90. The van der Waals surface area contributed by atoms with Crippen LogP contribution >= 0.6 is 0 Å². The van der Waals surface area contributed by atoms with E-state index in [-0.39, 0.29) is 0 Å². The topological polar surface area (TPSA) is 37.8 Å². The molecule has 0 aromatic carbocycles. The molecule has 1 aliphatic rings. The van der Waals surface area contributed by atoms with E-state index >= 15 is 0 Å². The molecular formula is C11H17N3. The van der Waals surface area contributed by atoms with Crippen LogP contribution in [0.4, 0.5) is 5.82 Å². The SMILES string of the molecule is CC(C)(C)C1CCNc2nnccc21. The van der Waals surface area contributed by atoms with Crippen molar-refractivity contribution in [3.05, 3.63) is 17.8 Å². The summed E-state index contributed by atoms with van der Waals surface area (Å²) in [5.41, 5.74) is 1.62. The molecule has 1 aromatic rings. The average Bonchev–Trinajstić information content (AvgIpc) is 2.15. The summed E-state index contributed by atoms with van der Waals surface area (Å²) in [6, 6.07) is 2.09. The molecule has 3 nitrogen and oxygen atoms in total. The van der Waals surface area contributed by atoms with Crippen molar-refractivity contribution in [1.82, 2.24) is 10.2 Å². The molecule has 1 aromatic heterocycles. The van der Waals surface area contributed by atoms with Crippen LogP contribution in [-0.2, 0) is 0 Å². The first-order valence-electron chi connectivity index (χ1n) is 5.14. The summed E-state index contributed by atoms with van der Waals surface area (Å²) in [5, 5.41) is 11.3. The molecule has 3 heteroatoms. The summed E-state index contributed by atoms with van der Waals surface area (Å²) in [7, 11) is 0. The van der Waals surface area contributed by atoms with Crippen molar-refractivity contribution in [3.63, 3.8) is 0 Å². The Morgan fingerprint density at radius 1 is 1.43 bits per heavy atom. The van der Waals surface area contributed by atoms with Gasteiger partial charge < -0.3 is 5.32 Å². The van der Waals surface area contributed by atoms with Crippen molar-refractivity contribution in [2.75, 3.05) is 11.9 Å². The number of aromatic nitrogens is 2. The fourth-order valence-electron chi connectivity index (χ4n) is 2.15. The quantitative estimate of drug-likeness (QED) is 0.684. The normalized spacial score (nSPS) is 21.2. The number of rotatable bonds is 0. The van der Waals surface area contributed by atoms with E-state index in [1.54, 1.807) is 6.20 Å². The molecule has 1 atom stereocenters. The van der Waals surface area contributed by atoms with Crippen molar-refractivity contribution >= 4 is 5.82 Å². The molecule has 2 rings (SSSR count). The molecule has 1 aliphatic heterocycles. The number of anilines is 1. The highest BCUT2D eigenvalue weighted by atomic mass is 15.2. The summed E-state index contributed by atoms with van der Waals surface area (Å²) in [6.07, 6.45) is 2.97. The molecule has 0 saturated heterocycles. The van der Waals surface area contributed by atoms with Crippen LogP contribution in [0.2, 0.25) is 0 Å². The van der Waals surface area contributed by atoms with Crippen molar-refractivity contribution in [1.29, 1.82) is 0 Å². The molecule has 0 amide bonds. The molecule has 0 fully saturated rings. The standard InChI is InChI=1S/C11H17N3/c1-11(2,3)9-5-6-12-10-8(9)4-7-13-14-10/h4,7,9H,5-6H2,1-3H3,(H,12,14). The van der Waals surface area contributed by atoms with Gasteiger partial charge >= 0.3 is 0 Å². The van der Waals surface area contributed by atoms with E-state index in [1.807, 2.05) is 0 Å². The average molecular weight is 191 g/mol. The lowest BCUT2D eigenvalue weighted by molar-refractivity contribution is 0.304. The highest BCUT2D eigenvalue weighted by molar-refractivity contribution is 5.47. The van der Waals surface area contributed by atoms with E-state index in [1.165, 1.54) is 12.0 Å². The van der Waals surface area contributed by atoms with Gasteiger partial charge in [-0.3, -0.25) is 0 Å². The Balaban J connectivity index is 2.41. The third kappa shape index (κ3) is 1.59. The van der Waals surface area contributed by atoms with Gasteiger partial charge in [0.25, 0.3) is 0 Å². The molecule has 0 spiro atoms. The maximum absolute atomic E-state index is 4.12. The molecule has 0 radical (unpaired) electrons. The lowest BCUT2D eigenvalue weighted by atomic mass is 9.74. The second-order valence-electron chi connectivity index (χ2n) is 4.97. The molecule has 1 unspecified atom stereocenters. The fraction of sp³-hybridized carbons (Fsp3) is 0.636. The predicted octanol–water partition coefficient (Wildman–Crippen LogP) is 2.42. The maximum Gasteiger partial charge on any atom is 0.152 e. The minimum absolute atomic E-state index is 0.305. The Morgan fingerprint density at radius 2 is 2.21 bits per heavy atom. The fourth-order valence-corrected chi connectivity index (χ4v) is 2.15. The Labute approximate surface area is 84.9 Å². The minimum atomic E-state index is 0.305. The maximum atomic E-state index is 4.12. The van der Waals surface area contributed by atoms with Crippen LogP contribution in [0.5, 0.6) is 0 Å². The zero-order valence-corrected chi connectivity index (χ0v) is 9.04. The van der Waals surface area contributed by atoms with Gasteiger partial charge in [0.15, 0.2) is 5.82 Å². The molecule has 76 valence electrons. The van der Waals surface area contributed by atoms with Gasteiger partial charge in [0.2, 0.25) is 0 Å². The number of fused-ring (bicyclic) bond motifs is 1. The van der Waals surface area contributed by atoms with Gasteiger partial charge in [-0.15, -0.1) is 5.10 Å². The first-order valence-corrected chi connectivity index (χ1v) is 5.14. The van der Waals surface area contributed by atoms with Crippen LogP contribution < -0.4 is 5.32 Å². The second-order valence-corrected chi connectivity index (χ2v) is 4.97. The van der Waals surface area contributed by atoms with Crippen molar-refractivity contribution in [2.24, 2.45) is 5.41 Å². The van der Waals surface area contributed by atoms with E-state index in [2.05, 4.69) is 42.4 Å². The predicted molar refractivity (Wildman–Crippen MR) is 57.3 cm³/mol. The van der Waals surface area contributed by atoms with Crippen LogP contribution in [0.1, 0.15) is 38.7 Å². The third-order valence-corrected chi connectivity index (χ3v) is 2.90. The van der Waals surface area contributed by atoms with Gasteiger partial charge in [0.05, 0.1) is 6.20 Å². The van der Waals surface area contributed by atoms with Gasteiger partial charge in [-0.05, 0) is 23.8 Å².